The third-order valence-electron chi connectivity index (χ3n) is 3.66. The molecule has 0 spiro atoms. The fraction of sp³-hybridized carbons (Fsp3) is 0.0526. The number of aromatic nitrogens is 1. The number of ether oxygens (including phenoxy) is 2. The monoisotopic (exact) mass is 445 g/mol. The largest absolute Gasteiger partial charge is 0.573 e. The van der Waals surface area contributed by atoms with Crippen molar-refractivity contribution in [3.63, 3.8) is 0 Å². The zero-order valence-electron chi connectivity index (χ0n) is 14.5. The quantitative estimate of drug-likeness (QED) is 0.483. The molecule has 0 bridgehead atoms. The molecular weight excluding hydrogens is 437 g/mol. The molecule has 0 aliphatic carbocycles. The summed E-state index contributed by atoms with van der Waals surface area (Å²) in [6, 6.07) is 8.26. The van der Waals surface area contributed by atoms with Crippen LogP contribution in [0.2, 0.25) is 5.02 Å². The van der Waals surface area contributed by atoms with Crippen LogP contribution in [0.25, 0.3) is 11.3 Å². The molecule has 0 unspecified atom stereocenters. The molecule has 0 amide bonds. The first-order chi connectivity index (χ1) is 14.0. The number of rotatable bonds is 5. The van der Waals surface area contributed by atoms with Crippen LogP contribution in [0.15, 0.2) is 48.5 Å². The number of benzene rings is 2. The second kappa shape index (κ2) is 8.15. The van der Waals surface area contributed by atoms with Crippen molar-refractivity contribution in [2.24, 2.45) is 0 Å². The van der Waals surface area contributed by atoms with Gasteiger partial charge in [-0.05, 0) is 36.4 Å². The molecule has 30 heavy (non-hydrogen) atoms. The molecule has 156 valence electrons. The normalized spacial score (nSPS) is 11.3. The third kappa shape index (κ3) is 4.77. The Kier molecular flexibility index (Phi) is 5.79. The van der Waals surface area contributed by atoms with Gasteiger partial charge in [-0.3, -0.25) is 0 Å². The number of carboxylic acid groups (broad SMARTS) is 1. The molecule has 0 saturated carbocycles. The summed E-state index contributed by atoms with van der Waals surface area (Å²) in [7, 11) is 0. The molecular formula is C19H9ClF5NO4. The highest BCUT2D eigenvalue weighted by Gasteiger charge is 2.31. The average Bonchev–Trinajstić information content (AvgIpc) is 2.64. The summed E-state index contributed by atoms with van der Waals surface area (Å²) in [4.78, 5) is 15.3. The van der Waals surface area contributed by atoms with Crippen molar-refractivity contribution in [3.05, 3.63) is 70.8 Å². The van der Waals surface area contributed by atoms with Crippen molar-refractivity contribution < 1.29 is 41.3 Å². The van der Waals surface area contributed by atoms with E-state index in [1.165, 1.54) is 12.1 Å². The Morgan fingerprint density at radius 1 is 1.07 bits per heavy atom. The van der Waals surface area contributed by atoms with Crippen LogP contribution < -0.4 is 9.47 Å². The van der Waals surface area contributed by atoms with E-state index in [9.17, 15) is 31.9 Å². The van der Waals surface area contributed by atoms with Gasteiger partial charge < -0.3 is 14.6 Å². The number of halogens is 6. The maximum absolute atomic E-state index is 14.0. The minimum atomic E-state index is -4.94. The molecule has 0 saturated heterocycles. The molecule has 0 aliphatic rings. The first-order valence-electron chi connectivity index (χ1n) is 7.97. The fourth-order valence-electron chi connectivity index (χ4n) is 2.40. The SMILES string of the molecule is O=C(O)c1ccc(-c2cccc(F)c2F)nc1Oc1ccc(OC(F)(F)F)cc1Cl. The number of hydrogen-bond acceptors (Lipinski definition) is 4. The van der Waals surface area contributed by atoms with Crippen LogP contribution in [0.4, 0.5) is 22.0 Å². The van der Waals surface area contributed by atoms with E-state index < -0.39 is 41.2 Å². The van der Waals surface area contributed by atoms with E-state index in [0.29, 0.717) is 0 Å². The highest BCUT2D eigenvalue weighted by atomic mass is 35.5. The van der Waals surface area contributed by atoms with Gasteiger partial charge in [0.1, 0.15) is 17.1 Å². The van der Waals surface area contributed by atoms with E-state index in [4.69, 9.17) is 16.3 Å². The average molecular weight is 446 g/mol. The Balaban J connectivity index is 2.00. The minimum absolute atomic E-state index is 0.139. The number of nitrogens with zero attached hydrogens (tertiary/aromatic N) is 1. The standard InChI is InChI=1S/C19H9ClF5NO4/c20-12-8-9(30-19(23,24)25)4-7-15(12)29-17-11(18(27)28)5-6-14(26-17)10-2-1-3-13(21)16(10)22/h1-8H,(H,27,28). The van der Waals surface area contributed by atoms with Gasteiger partial charge in [0, 0.05) is 11.6 Å². The zero-order valence-corrected chi connectivity index (χ0v) is 15.3. The first kappa shape index (κ1) is 21.3. The van der Waals surface area contributed by atoms with Gasteiger partial charge in [0.05, 0.1) is 10.7 Å². The van der Waals surface area contributed by atoms with E-state index in [0.717, 1.165) is 36.4 Å². The lowest BCUT2D eigenvalue weighted by Gasteiger charge is -2.13. The summed E-state index contributed by atoms with van der Waals surface area (Å²) in [6.45, 7) is 0. The molecule has 3 aromatic rings. The fourth-order valence-corrected chi connectivity index (χ4v) is 2.61. The highest BCUT2D eigenvalue weighted by Crippen LogP contribution is 2.36. The first-order valence-corrected chi connectivity index (χ1v) is 8.35. The molecule has 0 fully saturated rings. The molecule has 1 aromatic heterocycles. The number of pyridine rings is 1. The van der Waals surface area contributed by atoms with Crippen LogP contribution in [-0.2, 0) is 0 Å². The second-order valence-corrected chi connectivity index (χ2v) is 6.11. The Morgan fingerprint density at radius 2 is 1.80 bits per heavy atom. The van der Waals surface area contributed by atoms with Gasteiger partial charge in [-0.25, -0.2) is 18.6 Å². The van der Waals surface area contributed by atoms with Crippen LogP contribution in [0, 0.1) is 11.6 Å². The highest BCUT2D eigenvalue weighted by molar-refractivity contribution is 6.32. The minimum Gasteiger partial charge on any atom is -0.477 e. The predicted molar refractivity (Wildman–Crippen MR) is 94.8 cm³/mol. The van der Waals surface area contributed by atoms with Crippen LogP contribution >= 0.6 is 11.6 Å². The molecule has 5 nitrogen and oxygen atoms in total. The molecule has 1 heterocycles. The number of carboxylic acids is 1. The second-order valence-electron chi connectivity index (χ2n) is 5.70. The van der Waals surface area contributed by atoms with E-state index in [1.807, 2.05) is 0 Å². The number of carbonyl (C=O) groups is 1. The zero-order chi connectivity index (χ0) is 22.1. The topological polar surface area (TPSA) is 68.7 Å². The Bertz CT molecular complexity index is 1120. The van der Waals surface area contributed by atoms with Crippen molar-refractivity contribution >= 4 is 17.6 Å². The summed E-state index contributed by atoms with van der Waals surface area (Å²) in [5.74, 6) is -5.18. The van der Waals surface area contributed by atoms with Crippen molar-refractivity contribution in [3.8, 4) is 28.6 Å². The van der Waals surface area contributed by atoms with E-state index >= 15 is 0 Å². The Hall–Kier alpha value is -3.40. The summed E-state index contributed by atoms with van der Waals surface area (Å²) in [5, 5.41) is 8.98. The lowest BCUT2D eigenvalue weighted by molar-refractivity contribution is -0.274. The molecule has 0 atom stereocenters. The van der Waals surface area contributed by atoms with Gasteiger partial charge in [-0.1, -0.05) is 17.7 Å². The van der Waals surface area contributed by atoms with Crippen molar-refractivity contribution in [1.29, 1.82) is 0 Å². The summed E-state index contributed by atoms with van der Waals surface area (Å²) >= 11 is 5.89. The molecule has 11 heteroatoms. The maximum Gasteiger partial charge on any atom is 0.573 e. The van der Waals surface area contributed by atoms with Crippen molar-refractivity contribution in [2.45, 2.75) is 6.36 Å². The molecule has 0 aliphatic heterocycles. The van der Waals surface area contributed by atoms with E-state index in [2.05, 4.69) is 9.72 Å². The molecule has 1 N–H and O–H groups in total. The van der Waals surface area contributed by atoms with Gasteiger partial charge in [0.2, 0.25) is 5.88 Å². The summed E-state index contributed by atoms with van der Waals surface area (Å²) in [5.41, 5.74) is -0.834. The molecule has 3 rings (SSSR count). The van der Waals surface area contributed by atoms with Gasteiger partial charge in [0.15, 0.2) is 11.6 Å². The van der Waals surface area contributed by atoms with E-state index in [1.54, 1.807) is 0 Å². The van der Waals surface area contributed by atoms with Gasteiger partial charge in [-0.15, -0.1) is 13.2 Å². The number of hydrogen-bond donors (Lipinski definition) is 1. The van der Waals surface area contributed by atoms with Gasteiger partial charge >= 0.3 is 12.3 Å². The summed E-state index contributed by atoms with van der Waals surface area (Å²) < 4.78 is 73.5. The third-order valence-corrected chi connectivity index (χ3v) is 3.96. The smallest absolute Gasteiger partial charge is 0.477 e. The van der Waals surface area contributed by atoms with Gasteiger partial charge in [-0.2, -0.15) is 0 Å². The Morgan fingerprint density at radius 3 is 2.43 bits per heavy atom. The van der Waals surface area contributed by atoms with Crippen molar-refractivity contribution in [2.75, 3.05) is 0 Å². The van der Waals surface area contributed by atoms with E-state index in [-0.39, 0.29) is 22.0 Å². The number of aromatic carboxylic acids is 1. The predicted octanol–water partition coefficient (Wildman–Crippen LogP) is 6.07. The molecule has 2 aromatic carbocycles. The van der Waals surface area contributed by atoms with Crippen LogP contribution in [0.5, 0.6) is 17.4 Å². The lowest BCUT2D eigenvalue weighted by atomic mass is 10.1. The Labute approximate surface area is 170 Å². The lowest BCUT2D eigenvalue weighted by Crippen LogP contribution is -2.17. The number of alkyl halides is 3. The molecule has 0 radical (unpaired) electrons. The van der Waals surface area contributed by atoms with Crippen molar-refractivity contribution in [1.82, 2.24) is 4.98 Å². The van der Waals surface area contributed by atoms with Crippen LogP contribution in [0.3, 0.4) is 0 Å². The van der Waals surface area contributed by atoms with Crippen LogP contribution in [-0.4, -0.2) is 22.4 Å². The maximum atomic E-state index is 14.0. The van der Waals surface area contributed by atoms with Gasteiger partial charge in [0.25, 0.3) is 0 Å². The summed E-state index contributed by atoms with van der Waals surface area (Å²) in [6.07, 6.45) is -4.94. The van der Waals surface area contributed by atoms with Crippen LogP contribution in [0.1, 0.15) is 10.4 Å².